The van der Waals surface area contributed by atoms with Crippen LogP contribution in [0.3, 0.4) is 0 Å². The van der Waals surface area contributed by atoms with Crippen molar-refractivity contribution >= 4 is 5.91 Å². The Morgan fingerprint density at radius 2 is 2.10 bits per heavy atom. The summed E-state index contributed by atoms with van der Waals surface area (Å²) in [6.45, 7) is 0.638. The smallest absolute Gasteiger partial charge is 0.272 e. The molecule has 2 N–H and O–H groups in total. The van der Waals surface area contributed by atoms with Gasteiger partial charge in [0.05, 0.1) is 0 Å². The van der Waals surface area contributed by atoms with E-state index in [-0.39, 0.29) is 19.1 Å². The van der Waals surface area contributed by atoms with E-state index in [1.165, 1.54) is 6.20 Å². The molecule has 1 rings (SSSR count). The Balaban J connectivity index is 2.54. The van der Waals surface area contributed by atoms with E-state index < -0.39 is 0 Å². The number of unbranched alkanes of at least 4 members (excludes halogenated alkanes) is 2. The van der Waals surface area contributed by atoms with Gasteiger partial charge in [0.1, 0.15) is 12.3 Å². The van der Waals surface area contributed by atoms with Gasteiger partial charge in [-0.1, -0.05) is 11.8 Å². The molecule has 0 aromatic carbocycles. The molecule has 1 amide bonds. The lowest BCUT2D eigenvalue weighted by Gasteiger charge is -2.16. The summed E-state index contributed by atoms with van der Waals surface area (Å²) in [5.74, 6) is 5.12. The fourth-order valence-corrected chi connectivity index (χ4v) is 1.67. The molecule has 0 saturated carbocycles. The molecule has 0 fully saturated rings. The Labute approximate surface area is 119 Å². The predicted octanol–water partition coefficient (Wildman–Crippen LogP) is 0.660. The summed E-state index contributed by atoms with van der Waals surface area (Å²) in [6, 6.07) is 3.34. The molecule has 20 heavy (non-hydrogen) atoms. The maximum absolute atomic E-state index is 12.1. The monoisotopic (exact) mass is 276 g/mol. The van der Waals surface area contributed by atoms with Crippen molar-refractivity contribution in [1.82, 2.24) is 9.88 Å². The van der Waals surface area contributed by atoms with Crippen LogP contribution >= 0.6 is 0 Å². The highest BCUT2D eigenvalue weighted by Gasteiger charge is 2.12. The fraction of sp³-hybridized carbons (Fsp3) is 0.467. The highest BCUT2D eigenvalue weighted by molar-refractivity contribution is 5.92. The van der Waals surface area contributed by atoms with Crippen molar-refractivity contribution in [1.29, 1.82) is 0 Å². The second-order valence-corrected chi connectivity index (χ2v) is 4.40. The Kier molecular flexibility index (Phi) is 7.33. The molecular weight excluding hydrogens is 256 g/mol. The Bertz CT molecular complexity index is 474. The number of carbonyl (C=O) groups excluding carboxylic acids is 1. The van der Waals surface area contributed by atoms with Gasteiger partial charge in [-0.05, 0) is 31.4 Å². The average molecular weight is 276 g/mol. The quantitative estimate of drug-likeness (QED) is 0.591. The maximum Gasteiger partial charge on any atom is 0.272 e. The summed E-state index contributed by atoms with van der Waals surface area (Å²) in [5, 5.41) is 17.3. The van der Waals surface area contributed by atoms with Gasteiger partial charge < -0.3 is 15.1 Å². The minimum atomic E-state index is -0.197. The molecule has 0 bridgehead atoms. The molecule has 0 unspecified atom stereocenters. The fourth-order valence-electron chi connectivity index (χ4n) is 1.67. The summed E-state index contributed by atoms with van der Waals surface area (Å²) >= 11 is 0. The van der Waals surface area contributed by atoms with Gasteiger partial charge in [-0.2, -0.15) is 0 Å². The average Bonchev–Trinajstić information content (AvgIpc) is 2.49. The zero-order valence-corrected chi connectivity index (χ0v) is 11.7. The first-order valence-electron chi connectivity index (χ1n) is 6.61. The third kappa shape index (κ3) is 5.39. The Morgan fingerprint density at radius 1 is 1.30 bits per heavy atom. The third-order valence-corrected chi connectivity index (χ3v) is 2.79. The van der Waals surface area contributed by atoms with Crippen LogP contribution in [-0.2, 0) is 0 Å². The van der Waals surface area contributed by atoms with Crippen LogP contribution in [0.5, 0.6) is 0 Å². The number of carbonyl (C=O) groups is 1. The van der Waals surface area contributed by atoms with E-state index in [1.54, 1.807) is 24.1 Å². The molecule has 108 valence electrons. The minimum absolute atomic E-state index is 0.129. The van der Waals surface area contributed by atoms with Crippen molar-refractivity contribution in [2.45, 2.75) is 19.3 Å². The Hall–Kier alpha value is -1.90. The van der Waals surface area contributed by atoms with Crippen LogP contribution < -0.4 is 0 Å². The van der Waals surface area contributed by atoms with Gasteiger partial charge in [0.25, 0.3) is 5.91 Å². The van der Waals surface area contributed by atoms with Gasteiger partial charge in [0, 0.05) is 32.0 Å². The number of aromatic nitrogens is 1. The molecule has 0 radical (unpaired) electrons. The summed E-state index contributed by atoms with van der Waals surface area (Å²) in [7, 11) is 1.74. The number of rotatable bonds is 6. The van der Waals surface area contributed by atoms with E-state index in [0.717, 1.165) is 19.3 Å². The highest BCUT2D eigenvalue weighted by atomic mass is 16.3. The van der Waals surface area contributed by atoms with E-state index in [2.05, 4.69) is 16.8 Å². The second-order valence-electron chi connectivity index (χ2n) is 4.40. The van der Waals surface area contributed by atoms with Crippen molar-refractivity contribution < 1.29 is 15.0 Å². The van der Waals surface area contributed by atoms with Gasteiger partial charge in [0.2, 0.25) is 0 Å². The summed E-state index contributed by atoms with van der Waals surface area (Å²) < 4.78 is 0. The molecule has 5 nitrogen and oxygen atoms in total. The summed E-state index contributed by atoms with van der Waals surface area (Å²) in [5.41, 5.74) is 1.05. The van der Waals surface area contributed by atoms with Crippen molar-refractivity contribution in [3.63, 3.8) is 0 Å². The van der Waals surface area contributed by atoms with Gasteiger partial charge >= 0.3 is 0 Å². The number of aliphatic hydroxyl groups is 2. The van der Waals surface area contributed by atoms with Crippen LogP contribution in [0.2, 0.25) is 0 Å². The van der Waals surface area contributed by atoms with Crippen LogP contribution in [-0.4, -0.2) is 52.8 Å². The largest absolute Gasteiger partial charge is 0.396 e. The normalized spacial score (nSPS) is 9.75. The maximum atomic E-state index is 12.1. The lowest BCUT2D eigenvalue weighted by atomic mass is 10.2. The summed E-state index contributed by atoms with van der Waals surface area (Å²) in [4.78, 5) is 17.8. The number of aliphatic hydroxyl groups excluding tert-OH is 2. The van der Waals surface area contributed by atoms with Gasteiger partial charge in [-0.15, -0.1) is 0 Å². The van der Waals surface area contributed by atoms with E-state index in [1.807, 2.05) is 0 Å². The first-order valence-corrected chi connectivity index (χ1v) is 6.61. The SMILES string of the molecule is CN(CCCCCO)C(=O)c1ccc(C#CCO)cn1. The zero-order valence-electron chi connectivity index (χ0n) is 11.7. The molecule has 1 aromatic rings. The van der Waals surface area contributed by atoms with Crippen LogP contribution in [0.25, 0.3) is 0 Å². The molecule has 0 aliphatic rings. The lowest BCUT2D eigenvalue weighted by molar-refractivity contribution is 0.0786. The van der Waals surface area contributed by atoms with E-state index in [0.29, 0.717) is 17.8 Å². The molecule has 1 aromatic heterocycles. The molecule has 0 atom stereocenters. The minimum Gasteiger partial charge on any atom is -0.396 e. The topological polar surface area (TPSA) is 73.7 Å². The lowest BCUT2D eigenvalue weighted by Crippen LogP contribution is -2.28. The predicted molar refractivity (Wildman–Crippen MR) is 76.1 cm³/mol. The van der Waals surface area contributed by atoms with Gasteiger partial charge in [-0.25, -0.2) is 4.98 Å². The summed E-state index contributed by atoms with van der Waals surface area (Å²) in [6.07, 6.45) is 4.05. The molecule has 0 saturated heterocycles. The van der Waals surface area contributed by atoms with Crippen molar-refractivity contribution in [3.05, 3.63) is 29.6 Å². The van der Waals surface area contributed by atoms with Crippen LogP contribution in [0.15, 0.2) is 18.3 Å². The molecule has 1 heterocycles. The highest BCUT2D eigenvalue weighted by Crippen LogP contribution is 2.04. The third-order valence-electron chi connectivity index (χ3n) is 2.79. The molecule has 0 spiro atoms. The van der Waals surface area contributed by atoms with Crippen LogP contribution in [0.1, 0.15) is 35.3 Å². The van der Waals surface area contributed by atoms with Crippen molar-refractivity contribution in [2.24, 2.45) is 0 Å². The second kappa shape index (κ2) is 9.08. The molecular formula is C15H20N2O3. The van der Waals surface area contributed by atoms with E-state index in [4.69, 9.17) is 10.2 Å². The number of nitrogens with zero attached hydrogens (tertiary/aromatic N) is 2. The van der Waals surface area contributed by atoms with Crippen molar-refractivity contribution in [3.8, 4) is 11.8 Å². The van der Waals surface area contributed by atoms with Crippen molar-refractivity contribution in [2.75, 3.05) is 26.8 Å². The molecule has 5 heteroatoms. The number of pyridine rings is 1. The van der Waals surface area contributed by atoms with Crippen LogP contribution in [0, 0.1) is 11.8 Å². The number of hydrogen-bond acceptors (Lipinski definition) is 4. The van der Waals surface area contributed by atoms with Gasteiger partial charge in [0.15, 0.2) is 0 Å². The first kappa shape index (κ1) is 16.2. The first-order chi connectivity index (χ1) is 9.69. The molecule has 0 aliphatic heterocycles. The molecule has 0 aliphatic carbocycles. The van der Waals surface area contributed by atoms with E-state index >= 15 is 0 Å². The van der Waals surface area contributed by atoms with Crippen LogP contribution in [0.4, 0.5) is 0 Å². The zero-order chi connectivity index (χ0) is 14.8. The van der Waals surface area contributed by atoms with Gasteiger partial charge in [-0.3, -0.25) is 4.79 Å². The number of amides is 1. The number of hydrogen-bond donors (Lipinski definition) is 2. The Morgan fingerprint density at radius 3 is 2.70 bits per heavy atom. The van der Waals surface area contributed by atoms with E-state index in [9.17, 15) is 4.79 Å². The standard InChI is InChI=1S/C15H20N2O3/c1-17(9-3-2-4-10-18)15(20)14-8-7-13(12-16-14)6-5-11-19/h7-8,12,18-19H,2-4,9-11H2,1H3.